The number of nitrogens with zero attached hydrogens (tertiary/aromatic N) is 1. The minimum atomic E-state index is -0.445. The van der Waals surface area contributed by atoms with Crippen molar-refractivity contribution < 1.29 is 9.53 Å². The summed E-state index contributed by atoms with van der Waals surface area (Å²) < 4.78 is 5.40. The molecule has 1 aliphatic carbocycles. The number of nitrogens with one attached hydrogen (secondary N) is 1. The van der Waals surface area contributed by atoms with Crippen LogP contribution in [0.5, 0.6) is 0 Å². The smallest absolute Gasteiger partial charge is 0.410 e. The van der Waals surface area contributed by atoms with E-state index in [0.29, 0.717) is 0 Å². The summed E-state index contributed by atoms with van der Waals surface area (Å²) in [7, 11) is 1.81. The van der Waals surface area contributed by atoms with Crippen LogP contribution in [0.25, 0.3) is 0 Å². The summed E-state index contributed by atoms with van der Waals surface area (Å²) in [6.45, 7) is 5.65. The molecule has 1 saturated carbocycles. The number of rotatable bonds is 2. The van der Waals surface area contributed by atoms with E-state index >= 15 is 0 Å². The summed E-state index contributed by atoms with van der Waals surface area (Å²) in [6, 6.07) is 2.02. The highest BCUT2D eigenvalue weighted by Crippen LogP contribution is 2.50. The lowest BCUT2D eigenvalue weighted by atomic mass is 10.1. The van der Waals surface area contributed by atoms with Crippen molar-refractivity contribution in [3.05, 3.63) is 24.0 Å². The molecule has 0 saturated heterocycles. The third kappa shape index (κ3) is 2.30. The van der Waals surface area contributed by atoms with Crippen LogP contribution < -0.4 is 0 Å². The van der Waals surface area contributed by atoms with Crippen LogP contribution in [0.2, 0.25) is 0 Å². The molecule has 1 aromatic rings. The number of amides is 1. The standard InChI is InChI=1S/C13H20N2O2/c1-12(2,3)17-11(16)15(4)13(6-7-13)10-5-8-14-9-10/h5,8-9,14H,6-7H2,1-4H3. The number of H-pyrrole nitrogens is 1. The Morgan fingerprint density at radius 3 is 2.53 bits per heavy atom. The summed E-state index contributed by atoms with van der Waals surface area (Å²) in [6.07, 6.45) is 5.59. The molecule has 1 aliphatic rings. The Balaban J connectivity index is 2.11. The fourth-order valence-electron chi connectivity index (χ4n) is 2.05. The fourth-order valence-corrected chi connectivity index (χ4v) is 2.05. The van der Waals surface area contributed by atoms with E-state index in [0.717, 1.165) is 18.4 Å². The van der Waals surface area contributed by atoms with Crippen LogP contribution in [-0.4, -0.2) is 28.6 Å². The normalized spacial score (nSPS) is 17.6. The molecule has 1 N–H and O–H groups in total. The molecule has 0 atom stereocenters. The van der Waals surface area contributed by atoms with Crippen molar-refractivity contribution >= 4 is 6.09 Å². The van der Waals surface area contributed by atoms with Gasteiger partial charge in [-0.25, -0.2) is 4.79 Å². The first-order valence-electron chi connectivity index (χ1n) is 5.95. The number of hydrogen-bond donors (Lipinski definition) is 1. The quantitative estimate of drug-likeness (QED) is 0.858. The second-order valence-corrected chi connectivity index (χ2v) is 5.67. The molecule has 0 radical (unpaired) electrons. The minimum Gasteiger partial charge on any atom is -0.444 e. The van der Waals surface area contributed by atoms with Gasteiger partial charge < -0.3 is 14.6 Å². The lowest BCUT2D eigenvalue weighted by Crippen LogP contribution is -2.40. The molecule has 4 heteroatoms. The highest BCUT2D eigenvalue weighted by atomic mass is 16.6. The summed E-state index contributed by atoms with van der Waals surface area (Å²) in [4.78, 5) is 16.8. The maximum atomic E-state index is 12.0. The number of carbonyl (C=O) groups is 1. The minimum absolute atomic E-state index is 0.150. The molecule has 94 valence electrons. The molecule has 2 rings (SSSR count). The number of hydrogen-bond acceptors (Lipinski definition) is 2. The van der Waals surface area contributed by atoms with Crippen LogP contribution in [0.4, 0.5) is 4.79 Å². The van der Waals surface area contributed by atoms with Crippen molar-refractivity contribution in [2.24, 2.45) is 0 Å². The zero-order chi connectivity index (χ0) is 12.7. The third-order valence-electron chi connectivity index (χ3n) is 3.17. The first-order chi connectivity index (χ1) is 7.85. The number of aromatic amines is 1. The first kappa shape index (κ1) is 12.0. The van der Waals surface area contributed by atoms with Gasteiger partial charge in [0, 0.05) is 19.4 Å². The number of carbonyl (C=O) groups excluding carboxylic acids is 1. The molecule has 1 fully saturated rings. The molecule has 0 spiro atoms. The highest BCUT2D eigenvalue weighted by Gasteiger charge is 2.51. The number of ether oxygens (including phenoxy) is 1. The number of aromatic nitrogens is 1. The predicted molar refractivity (Wildman–Crippen MR) is 65.7 cm³/mol. The summed E-state index contributed by atoms with van der Waals surface area (Å²) in [5, 5.41) is 0. The van der Waals surface area contributed by atoms with Gasteiger partial charge in [-0.1, -0.05) is 0 Å². The van der Waals surface area contributed by atoms with E-state index in [1.54, 1.807) is 4.90 Å². The van der Waals surface area contributed by atoms with E-state index < -0.39 is 5.60 Å². The Labute approximate surface area is 102 Å². The van der Waals surface area contributed by atoms with Crippen molar-refractivity contribution in [2.75, 3.05) is 7.05 Å². The van der Waals surface area contributed by atoms with Gasteiger partial charge in [-0.15, -0.1) is 0 Å². The largest absolute Gasteiger partial charge is 0.444 e. The maximum absolute atomic E-state index is 12.0. The second-order valence-electron chi connectivity index (χ2n) is 5.67. The van der Waals surface area contributed by atoms with Crippen molar-refractivity contribution in [3.63, 3.8) is 0 Å². The fraction of sp³-hybridized carbons (Fsp3) is 0.615. The van der Waals surface area contributed by atoms with Crippen molar-refractivity contribution in [2.45, 2.75) is 44.8 Å². The van der Waals surface area contributed by atoms with Crippen molar-refractivity contribution in [1.82, 2.24) is 9.88 Å². The van der Waals surface area contributed by atoms with Gasteiger partial charge in [0.15, 0.2) is 0 Å². The van der Waals surface area contributed by atoms with E-state index in [-0.39, 0.29) is 11.6 Å². The van der Waals surface area contributed by atoms with Gasteiger partial charge in [-0.2, -0.15) is 0 Å². The van der Waals surface area contributed by atoms with E-state index in [2.05, 4.69) is 4.98 Å². The van der Waals surface area contributed by atoms with Crippen molar-refractivity contribution in [1.29, 1.82) is 0 Å². The summed E-state index contributed by atoms with van der Waals surface area (Å²) in [5.74, 6) is 0. The molecule has 1 aromatic heterocycles. The van der Waals surface area contributed by atoms with E-state index in [1.807, 2.05) is 46.3 Å². The van der Waals surface area contributed by atoms with Gasteiger partial charge in [0.05, 0.1) is 5.54 Å². The van der Waals surface area contributed by atoms with Crippen LogP contribution in [-0.2, 0) is 10.3 Å². The average Bonchev–Trinajstić information content (AvgIpc) is 2.82. The Kier molecular flexibility index (Phi) is 2.68. The first-order valence-corrected chi connectivity index (χ1v) is 5.95. The van der Waals surface area contributed by atoms with Gasteiger partial charge >= 0.3 is 6.09 Å². The molecule has 0 aromatic carbocycles. The van der Waals surface area contributed by atoms with E-state index in [1.165, 1.54) is 0 Å². The molecule has 0 aliphatic heterocycles. The average molecular weight is 236 g/mol. The molecule has 1 heterocycles. The van der Waals surface area contributed by atoms with Gasteiger partial charge in [-0.3, -0.25) is 0 Å². The van der Waals surface area contributed by atoms with Gasteiger partial charge in [0.25, 0.3) is 0 Å². The Morgan fingerprint density at radius 2 is 2.12 bits per heavy atom. The third-order valence-corrected chi connectivity index (χ3v) is 3.17. The SMILES string of the molecule is CN(C(=O)OC(C)(C)C)C1(c2cc[nH]c2)CC1. The Morgan fingerprint density at radius 1 is 1.47 bits per heavy atom. The molecular formula is C13H20N2O2. The molecular weight excluding hydrogens is 216 g/mol. The van der Waals surface area contributed by atoms with Crippen LogP contribution in [0, 0.1) is 0 Å². The van der Waals surface area contributed by atoms with E-state index in [9.17, 15) is 4.79 Å². The second kappa shape index (κ2) is 3.79. The monoisotopic (exact) mass is 236 g/mol. The van der Waals surface area contributed by atoms with Crippen molar-refractivity contribution in [3.8, 4) is 0 Å². The Bertz CT molecular complexity index is 400. The molecule has 4 nitrogen and oxygen atoms in total. The van der Waals surface area contributed by atoms with Crippen LogP contribution in [0.3, 0.4) is 0 Å². The maximum Gasteiger partial charge on any atom is 0.410 e. The topological polar surface area (TPSA) is 45.3 Å². The lowest BCUT2D eigenvalue weighted by Gasteiger charge is -2.30. The zero-order valence-corrected chi connectivity index (χ0v) is 10.9. The predicted octanol–water partition coefficient (Wildman–Crippen LogP) is 2.87. The molecule has 17 heavy (non-hydrogen) atoms. The van der Waals surface area contributed by atoms with Gasteiger partial charge in [-0.05, 0) is 45.2 Å². The Hall–Kier alpha value is -1.45. The highest BCUT2D eigenvalue weighted by molar-refractivity contribution is 5.70. The van der Waals surface area contributed by atoms with Crippen LogP contribution >= 0.6 is 0 Å². The van der Waals surface area contributed by atoms with Gasteiger partial charge in [0.2, 0.25) is 0 Å². The van der Waals surface area contributed by atoms with E-state index in [4.69, 9.17) is 4.74 Å². The van der Waals surface area contributed by atoms with Gasteiger partial charge in [0.1, 0.15) is 5.60 Å². The van der Waals surface area contributed by atoms with Crippen LogP contribution in [0.15, 0.2) is 18.5 Å². The lowest BCUT2D eigenvalue weighted by molar-refractivity contribution is 0.0190. The molecule has 1 amide bonds. The summed E-state index contributed by atoms with van der Waals surface area (Å²) in [5.41, 5.74) is 0.563. The van der Waals surface area contributed by atoms with Crippen LogP contribution in [0.1, 0.15) is 39.2 Å². The summed E-state index contributed by atoms with van der Waals surface area (Å²) >= 11 is 0. The zero-order valence-electron chi connectivity index (χ0n) is 10.9. The molecule has 0 bridgehead atoms. The molecule has 0 unspecified atom stereocenters.